The van der Waals surface area contributed by atoms with E-state index in [9.17, 15) is 0 Å². The largest absolute Gasteiger partial charge is 0.309 e. The van der Waals surface area contributed by atoms with Crippen molar-refractivity contribution in [2.45, 2.75) is 25.8 Å². The van der Waals surface area contributed by atoms with Gasteiger partial charge >= 0.3 is 0 Å². The van der Waals surface area contributed by atoms with Gasteiger partial charge in [-0.25, -0.2) is 0 Å². The molecule has 0 fully saturated rings. The van der Waals surface area contributed by atoms with Gasteiger partial charge in [0.25, 0.3) is 0 Å². The monoisotopic (exact) mass is 171 g/mol. The van der Waals surface area contributed by atoms with Crippen molar-refractivity contribution in [3.63, 3.8) is 0 Å². The summed E-state index contributed by atoms with van der Waals surface area (Å²) in [6.45, 7) is 9.71. The SMILES string of the molecule is C=C(C)[SiH2]C(C)CCN(C)C. The first-order chi connectivity index (χ1) is 5.02. The van der Waals surface area contributed by atoms with E-state index in [1.165, 1.54) is 18.2 Å². The van der Waals surface area contributed by atoms with Gasteiger partial charge in [0.1, 0.15) is 0 Å². The van der Waals surface area contributed by atoms with Crippen molar-refractivity contribution >= 4 is 9.52 Å². The van der Waals surface area contributed by atoms with Crippen LogP contribution in [0.4, 0.5) is 0 Å². The van der Waals surface area contributed by atoms with E-state index in [1.54, 1.807) is 0 Å². The highest BCUT2D eigenvalue weighted by Gasteiger charge is 2.02. The lowest BCUT2D eigenvalue weighted by atomic mass is 10.3. The molecular formula is C9H21NSi. The Kier molecular flexibility index (Phi) is 5.51. The lowest BCUT2D eigenvalue weighted by molar-refractivity contribution is 0.398. The van der Waals surface area contributed by atoms with Crippen molar-refractivity contribution in [2.75, 3.05) is 20.6 Å². The Morgan fingerprint density at radius 2 is 2.09 bits per heavy atom. The average molecular weight is 171 g/mol. The molecule has 0 aromatic carbocycles. The molecule has 0 amide bonds. The van der Waals surface area contributed by atoms with Crippen LogP contribution >= 0.6 is 0 Å². The summed E-state index contributed by atoms with van der Waals surface area (Å²) >= 11 is 0. The van der Waals surface area contributed by atoms with Crippen LogP contribution in [0.1, 0.15) is 20.3 Å². The normalized spacial score (nSPS) is 14.6. The third-order valence-corrected chi connectivity index (χ3v) is 3.57. The van der Waals surface area contributed by atoms with Crippen LogP contribution in [0.5, 0.6) is 0 Å². The molecule has 0 saturated carbocycles. The summed E-state index contributed by atoms with van der Waals surface area (Å²) in [7, 11) is 4.27. The molecule has 11 heavy (non-hydrogen) atoms. The van der Waals surface area contributed by atoms with Crippen LogP contribution in [-0.4, -0.2) is 35.1 Å². The zero-order valence-corrected chi connectivity index (χ0v) is 9.77. The van der Waals surface area contributed by atoms with Crippen molar-refractivity contribution in [2.24, 2.45) is 0 Å². The van der Waals surface area contributed by atoms with E-state index in [1.807, 2.05) is 0 Å². The molecule has 1 unspecified atom stereocenters. The fraction of sp³-hybridized carbons (Fsp3) is 0.778. The highest BCUT2D eigenvalue weighted by atomic mass is 28.2. The van der Waals surface area contributed by atoms with E-state index in [0.29, 0.717) is 0 Å². The standard InChI is InChI=1S/C9H21NSi/c1-8(2)11-9(3)6-7-10(4)5/h9H,1,6-7,11H2,2-5H3. The van der Waals surface area contributed by atoms with Crippen molar-refractivity contribution in [3.8, 4) is 0 Å². The van der Waals surface area contributed by atoms with E-state index in [2.05, 4.69) is 39.4 Å². The third-order valence-electron chi connectivity index (χ3n) is 1.77. The Bertz CT molecular complexity index is 121. The smallest absolute Gasteiger partial charge is 0.0512 e. The molecule has 0 saturated heterocycles. The van der Waals surface area contributed by atoms with Gasteiger partial charge in [0.15, 0.2) is 0 Å². The maximum atomic E-state index is 3.97. The van der Waals surface area contributed by atoms with Crippen LogP contribution in [0.25, 0.3) is 0 Å². The quantitative estimate of drug-likeness (QED) is 0.566. The molecule has 0 bridgehead atoms. The van der Waals surface area contributed by atoms with Crippen molar-refractivity contribution in [1.29, 1.82) is 0 Å². The van der Waals surface area contributed by atoms with Gasteiger partial charge in [-0.15, -0.1) is 6.58 Å². The van der Waals surface area contributed by atoms with Gasteiger partial charge in [-0.05, 0) is 39.5 Å². The van der Waals surface area contributed by atoms with Gasteiger partial charge in [0, 0.05) is 0 Å². The van der Waals surface area contributed by atoms with Crippen LogP contribution < -0.4 is 0 Å². The Morgan fingerprint density at radius 1 is 1.55 bits per heavy atom. The van der Waals surface area contributed by atoms with E-state index in [4.69, 9.17) is 0 Å². The summed E-state index contributed by atoms with van der Waals surface area (Å²) in [6.07, 6.45) is 1.34. The second-order valence-electron chi connectivity index (χ2n) is 3.86. The third kappa shape index (κ3) is 7.82. The van der Waals surface area contributed by atoms with Gasteiger partial charge in [-0.1, -0.05) is 12.1 Å². The molecule has 66 valence electrons. The highest BCUT2D eigenvalue weighted by molar-refractivity contribution is 6.46. The minimum Gasteiger partial charge on any atom is -0.309 e. The molecule has 0 aliphatic rings. The van der Waals surface area contributed by atoms with Gasteiger partial charge in [-0.2, -0.15) is 0 Å². The molecule has 2 heteroatoms. The van der Waals surface area contributed by atoms with Crippen molar-refractivity contribution < 1.29 is 0 Å². The molecule has 0 aromatic heterocycles. The number of hydrogen-bond donors (Lipinski definition) is 0. The number of allylic oxidation sites excluding steroid dienone is 1. The molecule has 0 radical (unpaired) electrons. The lowest BCUT2D eigenvalue weighted by Crippen LogP contribution is -2.16. The molecule has 0 rings (SSSR count). The van der Waals surface area contributed by atoms with Crippen LogP contribution in [0.15, 0.2) is 11.8 Å². The molecule has 0 N–H and O–H groups in total. The van der Waals surface area contributed by atoms with Crippen LogP contribution in [-0.2, 0) is 0 Å². The van der Waals surface area contributed by atoms with E-state index >= 15 is 0 Å². The Morgan fingerprint density at radius 3 is 2.45 bits per heavy atom. The predicted octanol–water partition coefficient (Wildman–Crippen LogP) is 1.45. The molecule has 0 aliphatic heterocycles. The molecule has 1 nitrogen and oxygen atoms in total. The average Bonchev–Trinajstić information content (AvgIpc) is 1.82. The molecule has 0 aliphatic carbocycles. The van der Waals surface area contributed by atoms with Gasteiger partial charge in [0.05, 0.1) is 9.52 Å². The summed E-state index contributed by atoms with van der Waals surface area (Å²) in [4.78, 5) is 2.25. The summed E-state index contributed by atoms with van der Waals surface area (Å²) < 4.78 is 0. The van der Waals surface area contributed by atoms with E-state index in [-0.39, 0.29) is 9.52 Å². The van der Waals surface area contributed by atoms with E-state index < -0.39 is 0 Å². The molecular weight excluding hydrogens is 150 g/mol. The minimum atomic E-state index is 0.00639. The van der Waals surface area contributed by atoms with Crippen molar-refractivity contribution in [3.05, 3.63) is 11.8 Å². The maximum absolute atomic E-state index is 3.97. The highest BCUT2D eigenvalue weighted by Crippen LogP contribution is 2.10. The molecule has 1 atom stereocenters. The first kappa shape index (κ1) is 10.9. The zero-order valence-electron chi connectivity index (χ0n) is 8.35. The second kappa shape index (κ2) is 5.55. The van der Waals surface area contributed by atoms with Gasteiger partial charge in [0.2, 0.25) is 0 Å². The second-order valence-corrected chi connectivity index (χ2v) is 6.87. The summed E-state index contributed by atoms with van der Waals surface area (Å²) in [6, 6.07) is 0. The van der Waals surface area contributed by atoms with Crippen LogP contribution in [0, 0.1) is 0 Å². The van der Waals surface area contributed by atoms with E-state index in [0.717, 1.165) is 5.54 Å². The molecule has 0 spiro atoms. The molecule has 0 heterocycles. The van der Waals surface area contributed by atoms with Crippen LogP contribution in [0.3, 0.4) is 0 Å². The zero-order chi connectivity index (χ0) is 8.85. The maximum Gasteiger partial charge on any atom is 0.0512 e. The topological polar surface area (TPSA) is 3.24 Å². The van der Waals surface area contributed by atoms with Gasteiger partial charge in [-0.3, -0.25) is 0 Å². The first-order valence-corrected chi connectivity index (χ1v) is 5.84. The first-order valence-electron chi connectivity index (χ1n) is 4.31. The summed E-state index contributed by atoms with van der Waals surface area (Å²) in [5.41, 5.74) is 0.926. The molecule has 0 aromatic rings. The Labute approximate surface area is 73.3 Å². The van der Waals surface area contributed by atoms with Crippen LogP contribution in [0.2, 0.25) is 5.54 Å². The lowest BCUT2D eigenvalue weighted by Gasteiger charge is -2.14. The fourth-order valence-electron chi connectivity index (χ4n) is 1.18. The van der Waals surface area contributed by atoms with Gasteiger partial charge < -0.3 is 4.90 Å². The van der Waals surface area contributed by atoms with Crippen molar-refractivity contribution in [1.82, 2.24) is 4.90 Å². The predicted molar refractivity (Wildman–Crippen MR) is 56.0 cm³/mol. The Balaban J connectivity index is 3.37. The fourth-order valence-corrected chi connectivity index (χ4v) is 2.75. The number of nitrogens with zero attached hydrogens (tertiary/aromatic N) is 1. The summed E-state index contributed by atoms with van der Waals surface area (Å²) in [5, 5.41) is 1.44. The Hall–Kier alpha value is -0.0831. The minimum absolute atomic E-state index is 0.00639. The number of rotatable bonds is 5. The summed E-state index contributed by atoms with van der Waals surface area (Å²) in [5.74, 6) is 0. The number of hydrogen-bond acceptors (Lipinski definition) is 1.